The summed E-state index contributed by atoms with van der Waals surface area (Å²) in [7, 11) is 0. The molecule has 6 nitrogen and oxygen atoms in total. The van der Waals surface area contributed by atoms with Crippen molar-refractivity contribution in [1.29, 1.82) is 0 Å². The standard InChI is InChI=1S/C14H13N3O3/c1-10-3-2-4-12(13(10)17(19)20)14(18)16-9-11-5-7-15-8-6-11/h2-8H,9H2,1H3,(H,16,18). The fourth-order valence-corrected chi connectivity index (χ4v) is 1.86. The lowest BCUT2D eigenvalue weighted by Crippen LogP contribution is -2.24. The molecular formula is C14H13N3O3. The summed E-state index contributed by atoms with van der Waals surface area (Å²) in [5, 5.41) is 13.7. The van der Waals surface area contributed by atoms with Crippen molar-refractivity contribution in [2.24, 2.45) is 0 Å². The van der Waals surface area contributed by atoms with Crippen molar-refractivity contribution in [2.45, 2.75) is 13.5 Å². The Labute approximate surface area is 115 Å². The summed E-state index contributed by atoms with van der Waals surface area (Å²) in [4.78, 5) is 26.4. The molecule has 1 heterocycles. The second-order valence-electron chi connectivity index (χ2n) is 4.27. The Kier molecular flexibility index (Phi) is 4.05. The lowest BCUT2D eigenvalue weighted by Gasteiger charge is -2.07. The number of hydrogen-bond acceptors (Lipinski definition) is 4. The van der Waals surface area contributed by atoms with Gasteiger partial charge in [0, 0.05) is 24.5 Å². The zero-order valence-electron chi connectivity index (χ0n) is 10.9. The van der Waals surface area contributed by atoms with Crippen molar-refractivity contribution in [1.82, 2.24) is 10.3 Å². The summed E-state index contributed by atoms with van der Waals surface area (Å²) in [6.07, 6.45) is 3.24. The van der Waals surface area contributed by atoms with Crippen molar-refractivity contribution in [3.63, 3.8) is 0 Å². The summed E-state index contributed by atoms with van der Waals surface area (Å²) in [5.41, 5.74) is 1.26. The van der Waals surface area contributed by atoms with E-state index in [1.807, 2.05) is 0 Å². The van der Waals surface area contributed by atoms with E-state index in [0.29, 0.717) is 12.1 Å². The maximum Gasteiger partial charge on any atom is 0.285 e. The van der Waals surface area contributed by atoms with Gasteiger partial charge < -0.3 is 5.32 Å². The predicted octanol–water partition coefficient (Wildman–Crippen LogP) is 2.23. The smallest absolute Gasteiger partial charge is 0.285 e. The van der Waals surface area contributed by atoms with Crippen LogP contribution in [0.4, 0.5) is 5.69 Å². The monoisotopic (exact) mass is 271 g/mol. The molecule has 0 atom stereocenters. The quantitative estimate of drug-likeness (QED) is 0.682. The summed E-state index contributed by atoms with van der Waals surface area (Å²) >= 11 is 0. The van der Waals surface area contributed by atoms with Crippen molar-refractivity contribution >= 4 is 11.6 Å². The third-order valence-corrected chi connectivity index (χ3v) is 2.87. The molecule has 1 aromatic heterocycles. The van der Waals surface area contributed by atoms with Gasteiger partial charge in [-0.15, -0.1) is 0 Å². The van der Waals surface area contributed by atoms with Gasteiger partial charge >= 0.3 is 0 Å². The number of nitrogens with one attached hydrogen (secondary N) is 1. The molecule has 0 aliphatic rings. The maximum atomic E-state index is 12.1. The van der Waals surface area contributed by atoms with Crippen molar-refractivity contribution in [2.75, 3.05) is 0 Å². The van der Waals surface area contributed by atoms with Crippen LogP contribution in [0.3, 0.4) is 0 Å². The number of rotatable bonds is 4. The Hall–Kier alpha value is -2.76. The SMILES string of the molecule is Cc1cccc(C(=O)NCc2ccncc2)c1[N+](=O)[O-]. The number of nitro benzene ring substituents is 1. The van der Waals surface area contributed by atoms with E-state index >= 15 is 0 Å². The number of carbonyl (C=O) groups excluding carboxylic acids is 1. The van der Waals surface area contributed by atoms with Crippen molar-refractivity contribution in [3.05, 3.63) is 69.5 Å². The van der Waals surface area contributed by atoms with Crippen LogP contribution >= 0.6 is 0 Å². The Morgan fingerprint density at radius 2 is 2.00 bits per heavy atom. The first-order valence-electron chi connectivity index (χ1n) is 6.00. The van der Waals surface area contributed by atoms with Gasteiger partial charge in [-0.1, -0.05) is 12.1 Å². The molecule has 20 heavy (non-hydrogen) atoms. The Morgan fingerprint density at radius 1 is 1.30 bits per heavy atom. The van der Waals surface area contributed by atoms with E-state index in [4.69, 9.17) is 0 Å². The molecule has 0 bridgehead atoms. The topological polar surface area (TPSA) is 85.1 Å². The van der Waals surface area contributed by atoms with E-state index in [0.717, 1.165) is 5.56 Å². The van der Waals surface area contributed by atoms with Crippen molar-refractivity contribution < 1.29 is 9.72 Å². The lowest BCUT2D eigenvalue weighted by atomic mass is 10.1. The second-order valence-corrected chi connectivity index (χ2v) is 4.27. The van der Waals surface area contributed by atoms with Crippen LogP contribution in [-0.2, 0) is 6.54 Å². The van der Waals surface area contributed by atoms with Crippen LogP contribution in [0.1, 0.15) is 21.5 Å². The van der Waals surface area contributed by atoms with Gasteiger partial charge in [-0.25, -0.2) is 0 Å². The number of aryl methyl sites for hydroxylation is 1. The van der Waals surface area contributed by atoms with Crippen LogP contribution in [0.5, 0.6) is 0 Å². The fourth-order valence-electron chi connectivity index (χ4n) is 1.86. The summed E-state index contributed by atoms with van der Waals surface area (Å²) < 4.78 is 0. The van der Waals surface area contributed by atoms with E-state index in [-0.39, 0.29) is 11.3 Å². The number of hydrogen-bond donors (Lipinski definition) is 1. The van der Waals surface area contributed by atoms with E-state index in [1.54, 1.807) is 43.6 Å². The van der Waals surface area contributed by atoms with Crippen molar-refractivity contribution in [3.8, 4) is 0 Å². The zero-order valence-corrected chi connectivity index (χ0v) is 10.9. The predicted molar refractivity (Wildman–Crippen MR) is 73.2 cm³/mol. The van der Waals surface area contributed by atoms with Crippen LogP contribution in [0.15, 0.2) is 42.7 Å². The molecule has 0 radical (unpaired) electrons. The molecule has 0 saturated heterocycles. The number of nitro groups is 1. The molecule has 0 saturated carbocycles. The number of aromatic nitrogens is 1. The third-order valence-electron chi connectivity index (χ3n) is 2.87. The van der Waals surface area contributed by atoms with Crippen LogP contribution < -0.4 is 5.32 Å². The molecule has 2 aromatic rings. The van der Waals surface area contributed by atoms with Gasteiger partial charge in [0.05, 0.1) is 4.92 Å². The van der Waals surface area contributed by atoms with E-state index < -0.39 is 10.8 Å². The van der Waals surface area contributed by atoms with Gasteiger partial charge in [0.15, 0.2) is 0 Å². The molecule has 2 rings (SSSR count). The van der Waals surface area contributed by atoms with E-state index in [2.05, 4.69) is 10.3 Å². The van der Waals surface area contributed by atoms with Crippen LogP contribution in [0.25, 0.3) is 0 Å². The largest absolute Gasteiger partial charge is 0.348 e. The van der Waals surface area contributed by atoms with Gasteiger partial charge in [-0.05, 0) is 30.7 Å². The van der Waals surface area contributed by atoms with Crippen LogP contribution in [-0.4, -0.2) is 15.8 Å². The molecule has 0 spiro atoms. The summed E-state index contributed by atoms with van der Waals surface area (Å²) in [6, 6.07) is 8.23. The minimum Gasteiger partial charge on any atom is -0.348 e. The Bertz CT molecular complexity index is 641. The number of carbonyl (C=O) groups is 1. The van der Waals surface area contributed by atoms with E-state index in [9.17, 15) is 14.9 Å². The minimum absolute atomic E-state index is 0.0732. The molecule has 0 unspecified atom stereocenters. The Morgan fingerprint density at radius 3 is 2.65 bits per heavy atom. The van der Waals surface area contributed by atoms with Gasteiger partial charge in [-0.3, -0.25) is 19.9 Å². The summed E-state index contributed by atoms with van der Waals surface area (Å²) in [6.45, 7) is 1.91. The normalized spacial score (nSPS) is 10.1. The lowest BCUT2D eigenvalue weighted by molar-refractivity contribution is -0.385. The zero-order chi connectivity index (χ0) is 14.5. The maximum absolute atomic E-state index is 12.1. The first-order valence-corrected chi connectivity index (χ1v) is 6.00. The third kappa shape index (κ3) is 2.97. The molecule has 0 fully saturated rings. The number of benzene rings is 1. The van der Waals surface area contributed by atoms with Gasteiger partial charge in [0.2, 0.25) is 0 Å². The minimum atomic E-state index is -0.531. The molecule has 1 aromatic carbocycles. The van der Waals surface area contributed by atoms with Gasteiger partial charge in [0.1, 0.15) is 5.56 Å². The average Bonchev–Trinajstić information content (AvgIpc) is 2.45. The first-order chi connectivity index (χ1) is 9.59. The molecule has 6 heteroatoms. The number of para-hydroxylation sites is 1. The first kappa shape index (κ1) is 13.7. The highest BCUT2D eigenvalue weighted by Gasteiger charge is 2.21. The molecule has 0 aliphatic heterocycles. The average molecular weight is 271 g/mol. The highest BCUT2D eigenvalue weighted by atomic mass is 16.6. The molecule has 0 aliphatic carbocycles. The highest BCUT2D eigenvalue weighted by molar-refractivity contribution is 5.98. The van der Waals surface area contributed by atoms with Crippen LogP contribution in [0.2, 0.25) is 0 Å². The number of pyridine rings is 1. The summed E-state index contributed by atoms with van der Waals surface area (Å²) in [5.74, 6) is -0.461. The number of nitrogens with zero attached hydrogens (tertiary/aromatic N) is 2. The van der Waals surface area contributed by atoms with Gasteiger partial charge in [0.25, 0.3) is 11.6 Å². The second kappa shape index (κ2) is 5.92. The van der Waals surface area contributed by atoms with Crippen LogP contribution in [0, 0.1) is 17.0 Å². The molecule has 1 N–H and O–H groups in total. The molecule has 102 valence electrons. The molecule has 1 amide bonds. The van der Waals surface area contributed by atoms with Gasteiger partial charge in [-0.2, -0.15) is 0 Å². The number of amides is 1. The van der Waals surface area contributed by atoms with E-state index in [1.165, 1.54) is 6.07 Å². The Balaban J connectivity index is 2.18. The fraction of sp³-hybridized carbons (Fsp3) is 0.143. The highest BCUT2D eigenvalue weighted by Crippen LogP contribution is 2.22. The molecular weight excluding hydrogens is 258 g/mol.